The fourth-order valence-corrected chi connectivity index (χ4v) is 4.66. The second-order valence-electron chi connectivity index (χ2n) is 7.22. The highest BCUT2D eigenvalue weighted by molar-refractivity contribution is 7.99. The number of benzene rings is 1. The van der Waals surface area contributed by atoms with Crippen LogP contribution in [0.5, 0.6) is 0 Å². The van der Waals surface area contributed by atoms with E-state index in [9.17, 15) is 4.79 Å². The summed E-state index contributed by atoms with van der Waals surface area (Å²) in [6, 6.07) is 10.3. The van der Waals surface area contributed by atoms with Gasteiger partial charge in [-0.15, -0.1) is 12.4 Å². The molecule has 3 heterocycles. The van der Waals surface area contributed by atoms with Crippen LogP contribution in [0.15, 0.2) is 36.5 Å². The van der Waals surface area contributed by atoms with Crippen LogP contribution in [0.1, 0.15) is 34.9 Å². The van der Waals surface area contributed by atoms with Crippen molar-refractivity contribution in [2.24, 2.45) is 0 Å². The third-order valence-corrected chi connectivity index (χ3v) is 6.12. The Morgan fingerprint density at radius 3 is 2.93 bits per heavy atom. The molecule has 2 fully saturated rings. The van der Waals surface area contributed by atoms with Crippen LogP contribution >= 0.6 is 24.2 Å². The van der Waals surface area contributed by atoms with Gasteiger partial charge >= 0.3 is 0 Å². The number of nitrogens with one attached hydrogen (secondary N) is 2. The summed E-state index contributed by atoms with van der Waals surface area (Å²) in [7, 11) is 0. The molecule has 1 amide bonds. The molecule has 2 N–H and O–H groups in total. The second-order valence-corrected chi connectivity index (χ2v) is 8.45. The van der Waals surface area contributed by atoms with Gasteiger partial charge < -0.3 is 10.6 Å². The first kappa shape index (κ1) is 21.2. The molecule has 2 saturated heterocycles. The standard InChI is InChI=1S/C20H27N5OS.ClH/c26-20(19-6-8-25(23-19)18-5-2-7-21-14-18)22-17-4-1-3-16(13-17)15-24-9-11-27-12-10-24;/h1,3-4,6,8,13,18,21H,2,5,7,9-12,14-15H2,(H,22,26);1H. The molecule has 6 nitrogen and oxygen atoms in total. The Balaban J connectivity index is 0.00000225. The molecule has 152 valence electrons. The summed E-state index contributed by atoms with van der Waals surface area (Å²) >= 11 is 2.02. The maximum Gasteiger partial charge on any atom is 0.276 e. The van der Waals surface area contributed by atoms with Gasteiger partial charge in [-0.1, -0.05) is 12.1 Å². The van der Waals surface area contributed by atoms with Gasteiger partial charge in [-0.3, -0.25) is 14.4 Å². The van der Waals surface area contributed by atoms with E-state index in [0.29, 0.717) is 11.7 Å². The molecule has 1 atom stereocenters. The van der Waals surface area contributed by atoms with Crippen molar-refractivity contribution in [1.82, 2.24) is 20.0 Å². The van der Waals surface area contributed by atoms with Crippen LogP contribution in [0.4, 0.5) is 5.69 Å². The fraction of sp³-hybridized carbons (Fsp3) is 0.500. The Morgan fingerprint density at radius 1 is 1.29 bits per heavy atom. The van der Waals surface area contributed by atoms with E-state index in [4.69, 9.17) is 0 Å². The van der Waals surface area contributed by atoms with Crippen LogP contribution in [0.3, 0.4) is 0 Å². The quantitative estimate of drug-likeness (QED) is 0.777. The van der Waals surface area contributed by atoms with Crippen molar-refractivity contribution in [2.45, 2.75) is 25.4 Å². The maximum atomic E-state index is 12.6. The van der Waals surface area contributed by atoms with Gasteiger partial charge in [0.15, 0.2) is 5.69 Å². The molecule has 2 aromatic rings. The zero-order valence-corrected chi connectivity index (χ0v) is 17.6. The highest BCUT2D eigenvalue weighted by Crippen LogP contribution is 2.18. The molecule has 1 aromatic carbocycles. The summed E-state index contributed by atoms with van der Waals surface area (Å²) in [4.78, 5) is 15.1. The molecule has 2 aliphatic rings. The predicted molar refractivity (Wildman–Crippen MR) is 118 cm³/mol. The largest absolute Gasteiger partial charge is 0.321 e. The van der Waals surface area contributed by atoms with E-state index in [-0.39, 0.29) is 18.3 Å². The van der Waals surface area contributed by atoms with Crippen LogP contribution in [-0.2, 0) is 6.54 Å². The van der Waals surface area contributed by atoms with Gasteiger partial charge in [-0.05, 0) is 43.1 Å². The van der Waals surface area contributed by atoms with Crippen LogP contribution < -0.4 is 10.6 Å². The minimum absolute atomic E-state index is 0. The monoisotopic (exact) mass is 421 g/mol. The molecular weight excluding hydrogens is 394 g/mol. The summed E-state index contributed by atoms with van der Waals surface area (Å²) in [5.74, 6) is 2.26. The number of amides is 1. The van der Waals surface area contributed by atoms with Crippen molar-refractivity contribution in [3.63, 3.8) is 0 Å². The lowest BCUT2D eigenvalue weighted by Crippen LogP contribution is -2.32. The number of piperidine rings is 1. The molecule has 28 heavy (non-hydrogen) atoms. The Kier molecular flexibility index (Phi) is 7.79. The summed E-state index contributed by atoms with van der Waals surface area (Å²) in [5, 5.41) is 10.9. The van der Waals surface area contributed by atoms with E-state index in [1.54, 1.807) is 6.07 Å². The normalized spacial score (nSPS) is 20.4. The minimum atomic E-state index is -0.149. The lowest BCUT2D eigenvalue weighted by molar-refractivity contribution is 0.102. The average molecular weight is 422 g/mol. The third kappa shape index (κ3) is 5.50. The lowest BCUT2D eigenvalue weighted by Gasteiger charge is -2.26. The number of aromatic nitrogens is 2. The van der Waals surface area contributed by atoms with Crippen LogP contribution in [0.2, 0.25) is 0 Å². The molecular formula is C20H28ClN5OS. The van der Waals surface area contributed by atoms with Crippen LogP contribution in [0.25, 0.3) is 0 Å². The molecule has 0 radical (unpaired) electrons. The first-order chi connectivity index (χ1) is 13.3. The van der Waals surface area contributed by atoms with Gasteiger partial charge in [0.2, 0.25) is 0 Å². The number of carbonyl (C=O) groups is 1. The van der Waals surface area contributed by atoms with Gasteiger partial charge in [0.25, 0.3) is 5.91 Å². The number of rotatable bonds is 5. The topological polar surface area (TPSA) is 62.2 Å². The number of hydrogen-bond donors (Lipinski definition) is 2. The van der Waals surface area contributed by atoms with E-state index < -0.39 is 0 Å². The highest BCUT2D eigenvalue weighted by atomic mass is 35.5. The van der Waals surface area contributed by atoms with E-state index in [2.05, 4.69) is 32.8 Å². The minimum Gasteiger partial charge on any atom is -0.321 e. The Morgan fingerprint density at radius 2 is 2.14 bits per heavy atom. The fourth-order valence-electron chi connectivity index (χ4n) is 3.68. The van der Waals surface area contributed by atoms with E-state index in [1.807, 2.05) is 34.8 Å². The smallest absolute Gasteiger partial charge is 0.276 e. The SMILES string of the molecule is Cl.O=C(Nc1cccc(CN2CCSCC2)c1)c1ccn(C2CCCNC2)n1. The van der Waals surface area contributed by atoms with Gasteiger partial charge in [0.05, 0.1) is 6.04 Å². The number of carbonyl (C=O) groups excluding carboxylic acids is 1. The number of thioether (sulfide) groups is 1. The third-order valence-electron chi connectivity index (χ3n) is 5.18. The summed E-state index contributed by atoms with van der Waals surface area (Å²) < 4.78 is 1.92. The van der Waals surface area contributed by atoms with Gasteiger partial charge in [-0.2, -0.15) is 16.9 Å². The lowest BCUT2D eigenvalue weighted by atomic mass is 10.1. The van der Waals surface area contributed by atoms with Gasteiger partial charge in [-0.25, -0.2) is 0 Å². The Hall–Kier alpha value is -1.54. The number of anilines is 1. The van der Waals surface area contributed by atoms with Crippen LogP contribution in [0, 0.1) is 0 Å². The maximum absolute atomic E-state index is 12.6. The van der Waals surface area contributed by atoms with Crippen LogP contribution in [-0.4, -0.2) is 58.3 Å². The van der Waals surface area contributed by atoms with Gasteiger partial charge in [0, 0.05) is 49.6 Å². The molecule has 0 spiro atoms. The molecule has 1 aromatic heterocycles. The second kappa shape index (κ2) is 10.3. The number of hydrogen-bond acceptors (Lipinski definition) is 5. The summed E-state index contributed by atoms with van der Waals surface area (Å²) in [5.41, 5.74) is 2.54. The van der Waals surface area contributed by atoms with E-state index in [0.717, 1.165) is 51.3 Å². The van der Waals surface area contributed by atoms with Crippen molar-refractivity contribution in [2.75, 3.05) is 43.0 Å². The van der Waals surface area contributed by atoms with E-state index >= 15 is 0 Å². The summed E-state index contributed by atoms with van der Waals surface area (Å²) in [6.07, 6.45) is 4.17. The molecule has 2 aliphatic heterocycles. The zero-order valence-electron chi connectivity index (χ0n) is 16.0. The molecule has 8 heteroatoms. The van der Waals surface area contributed by atoms with Crippen molar-refractivity contribution >= 4 is 35.8 Å². The van der Waals surface area contributed by atoms with Crippen molar-refractivity contribution < 1.29 is 4.79 Å². The molecule has 0 aliphatic carbocycles. The predicted octanol–water partition coefficient (Wildman–Crippen LogP) is 3.03. The first-order valence-corrected chi connectivity index (χ1v) is 10.9. The van der Waals surface area contributed by atoms with Gasteiger partial charge in [0.1, 0.15) is 0 Å². The number of halogens is 1. The first-order valence-electron chi connectivity index (χ1n) is 9.74. The van der Waals surface area contributed by atoms with Crippen molar-refractivity contribution in [1.29, 1.82) is 0 Å². The highest BCUT2D eigenvalue weighted by Gasteiger charge is 2.18. The Bertz CT molecular complexity index is 771. The summed E-state index contributed by atoms with van der Waals surface area (Å²) in [6.45, 7) is 5.19. The Labute approximate surface area is 176 Å². The van der Waals surface area contributed by atoms with Crippen molar-refractivity contribution in [3.8, 4) is 0 Å². The molecule has 1 unspecified atom stereocenters. The van der Waals surface area contributed by atoms with E-state index in [1.165, 1.54) is 17.1 Å². The van der Waals surface area contributed by atoms with Crippen molar-refractivity contribution in [3.05, 3.63) is 47.8 Å². The molecule has 0 bridgehead atoms. The number of nitrogens with zero attached hydrogens (tertiary/aromatic N) is 3. The molecule has 0 saturated carbocycles. The average Bonchev–Trinajstić information content (AvgIpc) is 3.20. The molecule has 4 rings (SSSR count). The zero-order chi connectivity index (χ0) is 18.5.